The Morgan fingerprint density at radius 3 is 2.68 bits per heavy atom. The maximum atomic E-state index is 9.01. The first kappa shape index (κ1) is 13.3. The largest absolute Gasteiger partial charge is 0.340 e. The predicted molar refractivity (Wildman–Crippen MR) is 74.4 cm³/mol. The van der Waals surface area contributed by atoms with Crippen molar-refractivity contribution in [1.29, 1.82) is 5.26 Å². The van der Waals surface area contributed by atoms with Crippen molar-refractivity contribution < 1.29 is 0 Å². The van der Waals surface area contributed by atoms with Crippen LogP contribution < -0.4 is 5.32 Å². The van der Waals surface area contributed by atoms with Gasteiger partial charge in [0.1, 0.15) is 11.8 Å². The van der Waals surface area contributed by atoms with E-state index in [0.29, 0.717) is 5.69 Å². The molecule has 0 aliphatic rings. The van der Waals surface area contributed by atoms with Crippen molar-refractivity contribution in [3.63, 3.8) is 0 Å². The van der Waals surface area contributed by atoms with E-state index in [1.165, 1.54) is 11.1 Å². The lowest BCUT2D eigenvalue weighted by molar-refractivity contribution is 0.572. The molecule has 1 N–H and O–H groups in total. The van der Waals surface area contributed by atoms with Crippen LogP contribution in [0, 0.1) is 18.3 Å². The van der Waals surface area contributed by atoms with E-state index in [2.05, 4.69) is 23.3 Å². The second-order valence-electron chi connectivity index (χ2n) is 4.69. The minimum atomic E-state index is 0.258. The summed E-state index contributed by atoms with van der Waals surface area (Å²) in [6, 6.07) is 8.43. The van der Waals surface area contributed by atoms with E-state index in [1.807, 2.05) is 36.7 Å². The average Bonchev–Trinajstić information content (AvgIpc) is 2.73. The highest BCUT2D eigenvalue weighted by Gasteiger charge is 2.10. The van der Waals surface area contributed by atoms with E-state index < -0.39 is 0 Å². The average molecular weight is 254 g/mol. The fourth-order valence-corrected chi connectivity index (χ4v) is 2.08. The fraction of sp³-hybridized carbons (Fsp3) is 0.333. The first-order valence-electron chi connectivity index (χ1n) is 6.32. The monoisotopic (exact) mass is 254 g/mol. The van der Waals surface area contributed by atoms with Gasteiger partial charge in [-0.2, -0.15) is 5.26 Å². The third-order valence-electron chi connectivity index (χ3n) is 3.56. The summed E-state index contributed by atoms with van der Waals surface area (Å²) in [4.78, 5) is 4.02. The lowest BCUT2D eigenvalue weighted by Gasteiger charge is -2.14. The molecule has 0 spiro atoms. The van der Waals surface area contributed by atoms with E-state index in [1.54, 1.807) is 12.4 Å². The number of hydrogen-bond acceptors (Lipinski definition) is 3. The zero-order valence-corrected chi connectivity index (χ0v) is 11.5. The summed E-state index contributed by atoms with van der Waals surface area (Å²) >= 11 is 0. The number of pyridine rings is 1. The number of nitrogens with one attached hydrogen (secondary N) is 1. The Balaban J connectivity index is 2.06. The Morgan fingerprint density at radius 1 is 1.42 bits per heavy atom. The van der Waals surface area contributed by atoms with Crippen LogP contribution in [0.4, 0.5) is 0 Å². The van der Waals surface area contributed by atoms with Crippen molar-refractivity contribution >= 4 is 0 Å². The number of nitrogens with zero attached hydrogens (tertiary/aromatic N) is 3. The third kappa shape index (κ3) is 2.83. The van der Waals surface area contributed by atoms with E-state index in [0.717, 1.165) is 12.2 Å². The minimum absolute atomic E-state index is 0.258. The smallest absolute Gasteiger partial charge is 0.120 e. The molecule has 2 aromatic heterocycles. The molecular weight excluding hydrogens is 236 g/mol. The van der Waals surface area contributed by atoms with Gasteiger partial charge in [0.05, 0.1) is 0 Å². The van der Waals surface area contributed by atoms with Crippen LogP contribution in [0.15, 0.2) is 30.6 Å². The first-order chi connectivity index (χ1) is 9.13. The Bertz CT molecular complexity index is 593. The van der Waals surface area contributed by atoms with Crippen molar-refractivity contribution in [1.82, 2.24) is 14.9 Å². The number of rotatable bonds is 4. The van der Waals surface area contributed by atoms with Crippen molar-refractivity contribution in [3.8, 4) is 6.07 Å². The first-order valence-corrected chi connectivity index (χ1v) is 6.32. The second kappa shape index (κ2) is 5.68. The Hall–Kier alpha value is -2.12. The molecule has 2 rings (SSSR count). The molecule has 19 heavy (non-hydrogen) atoms. The highest BCUT2D eigenvalue weighted by molar-refractivity contribution is 5.34. The maximum absolute atomic E-state index is 9.01. The number of aromatic nitrogens is 2. The molecule has 0 radical (unpaired) electrons. The molecule has 0 aliphatic carbocycles. The molecule has 98 valence electrons. The molecule has 0 aromatic carbocycles. The van der Waals surface area contributed by atoms with E-state index in [4.69, 9.17) is 5.26 Å². The van der Waals surface area contributed by atoms with Crippen molar-refractivity contribution in [2.45, 2.75) is 26.4 Å². The molecule has 4 nitrogen and oxygen atoms in total. The molecule has 1 unspecified atom stereocenters. The molecule has 4 heteroatoms. The summed E-state index contributed by atoms with van der Waals surface area (Å²) in [5, 5.41) is 12.5. The van der Waals surface area contributed by atoms with Crippen LogP contribution in [-0.4, -0.2) is 9.55 Å². The van der Waals surface area contributed by atoms with Gasteiger partial charge in [-0.25, -0.2) is 0 Å². The molecule has 0 amide bonds. The van der Waals surface area contributed by atoms with Crippen LogP contribution in [0.25, 0.3) is 0 Å². The quantitative estimate of drug-likeness (QED) is 0.911. The van der Waals surface area contributed by atoms with Crippen LogP contribution in [0.3, 0.4) is 0 Å². The van der Waals surface area contributed by atoms with E-state index >= 15 is 0 Å². The zero-order valence-electron chi connectivity index (χ0n) is 11.5. The van der Waals surface area contributed by atoms with Gasteiger partial charge in [0.2, 0.25) is 0 Å². The van der Waals surface area contributed by atoms with Gasteiger partial charge in [-0.3, -0.25) is 4.98 Å². The Labute approximate surface area is 113 Å². The molecule has 2 heterocycles. The highest BCUT2D eigenvalue weighted by Crippen LogP contribution is 2.16. The van der Waals surface area contributed by atoms with Crippen LogP contribution in [0.1, 0.15) is 35.5 Å². The molecule has 0 saturated carbocycles. The summed E-state index contributed by atoms with van der Waals surface area (Å²) in [5.74, 6) is 0. The molecule has 0 bridgehead atoms. The van der Waals surface area contributed by atoms with Crippen LogP contribution in [-0.2, 0) is 13.6 Å². The minimum Gasteiger partial charge on any atom is -0.340 e. The zero-order chi connectivity index (χ0) is 13.8. The molecule has 0 saturated heterocycles. The predicted octanol–water partition coefficient (Wildman–Crippen LogP) is 2.45. The molecule has 0 aliphatic heterocycles. The standard InChI is InChI=1S/C15H18N4/c1-11(13-4-6-17-7-5-13)18-10-14-8-15(9-16)19(3)12(14)2/h4-8,11,18H,10H2,1-3H3. The summed E-state index contributed by atoms with van der Waals surface area (Å²) in [6.07, 6.45) is 3.60. The Morgan fingerprint density at radius 2 is 2.11 bits per heavy atom. The second-order valence-corrected chi connectivity index (χ2v) is 4.69. The number of hydrogen-bond donors (Lipinski definition) is 1. The lowest BCUT2D eigenvalue weighted by Crippen LogP contribution is -2.18. The SMILES string of the molecule is Cc1c(CNC(C)c2ccncc2)cc(C#N)n1C. The van der Waals surface area contributed by atoms with E-state index in [-0.39, 0.29) is 6.04 Å². The molecule has 2 aromatic rings. The van der Waals surface area contributed by atoms with Gasteiger partial charge >= 0.3 is 0 Å². The summed E-state index contributed by atoms with van der Waals surface area (Å²) in [6.45, 7) is 4.92. The highest BCUT2D eigenvalue weighted by atomic mass is 15.0. The molecule has 1 atom stereocenters. The summed E-state index contributed by atoms with van der Waals surface area (Å²) in [7, 11) is 1.92. The topological polar surface area (TPSA) is 53.6 Å². The van der Waals surface area contributed by atoms with Crippen LogP contribution in [0.5, 0.6) is 0 Å². The van der Waals surface area contributed by atoms with Gasteiger partial charge in [-0.15, -0.1) is 0 Å². The summed E-state index contributed by atoms with van der Waals surface area (Å²) in [5.41, 5.74) is 4.21. The van der Waals surface area contributed by atoms with Gasteiger partial charge in [-0.1, -0.05) is 0 Å². The fourth-order valence-electron chi connectivity index (χ4n) is 2.08. The van der Waals surface area contributed by atoms with Crippen molar-refractivity contribution in [3.05, 3.63) is 53.1 Å². The lowest BCUT2D eigenvalue weighted by atomic mass is 10.1. The van der Waals surface area contributed by atoms with Gasteiger partial charge in [0.15, 0.2) is 0 Å². The van der Waals surface area contributed by atoms with Crippen molar-refractivity contribution in [2.24, 2.45) is 7.05 Å². The van der Waals surface area contributed by atoms with Gasteiger partial charge in [0.25, 0.3) is 0 Å². The van der Waals surface area contributed by atoms with Crippen LogP contribution in [0.2, 0.25) is 0 Å². The third-order valence-corrected chi connectivity index (χ3v) is 3.56. The van der Waals surface area contributed by atoms with Gasteiger partial charge in [0, 0.05) is 37.7 Å². The number of nitriles is 1. The van der Waals surface area contributed by atoms with Gasteiger partial charge < -0.3 is 9.88 Å². The normalized spacial score (nSPS) is 12.1. The van der Waals surface area contributed by atoms with Gasteiger partial charge in [-0.05, 0) is 43.2 Å². The van der Waals surface area contributed by atoms with Crippen molar-refractivity contribution in [2.75, 3.05) is 0 Å². The Kier molecular flexibility index (Phi) is 3.98. The van der Waals surface area contributed by atoms with E-state index in [9.17, 15) is 0 Å². The maximum Gasteiger partial charge on any atom is 0.120 e. The molecular formula is C15H18N4. The summed E-state index contributed by atoms with van der Waals surface area (Å²) < 4.78 is 1.92. The van der Waals surface area contributed by atoms with Crippen LogP contribution >= 0.6 is 0 Å². The molecule has 0 fully saturated rings.